The highest BCUT2D eigenvalue weighted by Gasteiger charge is 2.21. The summed E-state index contributed by atoms with van der Waals surface area (Å²) in [7, 11) is 0. The van der Waals surface area contributed by atoms with Crippen molar-refractivity contribution < 1.29 is 4.79 Å². The standard InChI is InChI=1S/C21H20N6O/c22-21-26-18(12-19(27-21)24-16-7-8-16)15-4-1-5-17(11-15)25-20(28)9-6-14-3-2-10-23-13-14/h1-6,9-13,16H,7-8H2,(H,25,28)(H3,22,24,26,27). The summed E-state index contributed by atoms with van der Waals surface area (Å²) < 4.78 is 0. The Morgan fingerprint density at radius 1 is 1.14 bits per heavy atom. The van der Waals surface area contributed by atoms with Crippen LogP contribution in [0.2, 0.25) is 0 Å². The van der Waals surface area contributed by atoms with E-state index in [1.807, 2.05) is 42.5 Å². The van der Waals surface area contributed by atoms with E-state index in [0.717, 1.165) is 29.8 Å². The lowest BCUT2D eigenvalue weighted by Gasteiger charge is -2.09. The number of nitrogens with two attached hydrogens (primary N) is 1. The maximum atomic E-state index is 12.2. The number of hydrogen-bond donors (Lipinski definition) is 3. The largest absolute Gasteiger partial charge is 0.368 e. The molecule has 1 saturated carbocycles. The second-order valence-corrected chi connectivity index (χ2v) is 6.60. The summed E-state index contributed by atoms with van der Waals surface area (Å²) in [5, 5.41) is 6.19. The van der Waals surface area contributed by atoms with Gasteiger partial charge in [-0.3, -0.25) is 9.78 Å². The molecule has 0 radical (unpaired) electrons. The number of pyridine rings is 1. The fraction of sp³-hybridized carbons (Fsp3) is 0.143. The van der Waals surface area contributed by atoms with Gasteiger partial charge in [-0.15, -0.1) is 0 Å². The normalized spacial score (nSPS) is 13.4. The van der Waals surface area contributed by atoms with Crippen LogP contribution in [0.25, 0.3) is 17.3 Å². The molecule has 140 valence electrons. The molecule has 7 nitrogen and oxygen atoms in total. The molecule has 0 atom stereocenters. The van der Waals surface area contributed by atoms with E-state index < -0.39 is 0 Å². The summed E-state index contributed by atoms with van der Waals surface area (Å²) in [6, 6.07) is 13.5. The highest BCUT2D eigenvalue weighted by molar-refractivity contribution is 6.02. The van der Waals surface area contributed by atoms with Crippen LogP contribution in [0, 0.1) is 0 Å². The van der Waals surface area contributed by atoms with Crippen LogP contribution in [-0.2, 0) is 4.79 Å². The van der Waals surface area contributed by atoms with Gasteiger partial charge in [0.1, 0.15) is 5.82 Å². The Kier molecular flexibility index (Phi) is 4.97. The van der Waals surface area contributed by atoms with Crippen LogP contribution in [0.3, 0.4) is 0 Å². The van der Waals surface area contributed by atoms with Crippen molar-refractivity contribution in [3.63, 3.8) is 0 Å². The first-order valence-electron chi connectivity index (χ1n) is 9.06. The highest BCUT2D eigenvalue weighted by Crippen LogP contribution is 2.27. The number of nitrogens with one attached hydrogen (secondary N) is 2. The second kappa shape index (κ2) is 7.87. The zero-order chi connectivity index (χ0) is 19.3. The van der Waals surface area contributed by atoms with Gasteiger partial charge in [-0.2, -0.15) is 4.98 Å². The number of hydrogen-bond acceptors (Lipinski definition) is 6. The van der Waals surface area contributed by atoms with E-state index in [4.69, 9.17) is 5.73 Å². The van der Waals surface area contributed by atoms with Gasteiger partial charge in [-0.25, -0.2) is 4.98 Å². The molecule has 4 rings (SSSR count). The Bertz CT molecular complexity index is 1010. The fourth-order valence-electron chi connectivity index (χ4n) is 2.71. The van der Waals surface area contributed by atoms with Gasteiger partial charge >= 0.3 is 0 Å². The Morgan fingerprint density at radius 2 is 2.04 bits per heavy atom. The summed E-state index contributed by atoms with van der Waals surface area (Å²) in [5.74, 6) is 0.715. The first-order valence-corrected chi connectivity index (χ1v) is 9.06. The van der Waals surface area contributed by atoms with Crippen molar-refractivity contribution in [1.29, 1.82) is 0 Å². The van der Waals surface area contributed by atoms with Crippen molar-refractivity contribution in [2.45, 2.75) is 18.9 Å². The maximum absolute atomic E-state index is 12.2. The quantitative estimate of drug-likeness (QED) is 0.573. The van der Waals surface area contributed by atoms with Crippen molar-refractivity contribution in [3.8, 4) is 11.3 Å². The van der Waals surface area contributed by atoms with Gasteiger partial charge in [0.25, 0.3) is 0 Å². The van der Waals surface area contributed by atoms with Crippen LogP contribution >= 0.6 is 0 Å². The van der Waals surface area contributed by atoms with E-state index in [1.54, 1.807) is 18.5 Å². The first kappa shape index (κ1) is 17.7. The molecule has 1 aliphatic carbocycles. The van der Waals surface area contributed by atoms with Gasteiger partial charge in [0.2, 0.25) is 11.9 Å². The summed E-state index contributed by atoms with van der Waals surface area (Å²) in [5.41, 5.74) is 8.95. The fourth-order valence-corrected chi connectivity index (χ4v) is 2.71. The molecule has 0 unspecified atom stereocenters. The molecule has 28 heavy (non-hydrogen) atoms. The van der Waals surface area contributed by atoms with Crippen molar-refractivity contribution in [2.24, 2.45) is 0 Å². The van der Waals surface area contributed by atoms with Gasteiger partial charge in [0.15, 0.2) is 0 Å². The average molecular weight is 372 g/mol. The summed E-state index contributed by atoms with van der Waals surface area (Å²) in [6.45, 7) is 0. The Morgan fingerprint density at radius 3 is 2.82 bits per heavy atom. The highest BCUT2D eigenvalue weighted by atomic mass is 16.1. The number of carbonyl (C=O) groups excluding carboxylic acids is 1. The van der Waals surface area contributed by atoms with Crippen LogP contribution in [0.4, 0.5) is 17.5 Å². The minimum absolute atomic E-state index is 0.217. The number of benzene rings is 1. The van der Waals surface area contributed by atoms with E-state index >= 15 is 0 Å². The molecular formula is C21H20N6O. The van der Waals surface area contributed by atoms with Crippen LogP contribution in [0.5, 0.6) is 0 Å². The number of amides is 1. The summed E-state index contributed by atoms with van der Waals surface area (Å²) in [4.78, 5) is 24.8. The Balaban J connectivity index is 1.49. The molecule has 1 aromatic carbocycles. The minimum atomic E-state index is -0.223. The number of anilines is 3. The molecule has 3 aromatic rings. The molecule has 1 fully saturated rings. The third-order valence-corrected chi connectivity index (χ3v) is 4.21. The van der Waals surface area contributed by atoms with Gasteiger partial charge in [-0.05, 0) is 42.7 Å². The van der Waals surface area contributed by atoms with Crippen LogP contribution in [0.1, 0.15) is 18.4 Å². The average Bonchev–Trinajstić information content (AvgIpc) is 3.51. The van der Waals surface area contributed by atoms with E-state index in [2.05, 4.69) is 25.6 Å². The molecule has 0 aliphatic heterocycles. The molecule has 2 aromatic heterocycles. The van der Waals surface area contributed by atoms with Crippen molar-refractivity contribution >= 4 is 29.4 Å². The van der Waals surface area contributed by atoms with Crippen LogP contribution < -0.4 is 16.4 Å². The SMILES string of the molecule is Nc1nc(NC2CC2)cc(-c2cccc(NC(=O)C=Cc3cccnc3)c2)n1. The zero-order valence-corrected chi connectivity index (χ0v) is 15.2. The third-order valence-electron chi connectivity index (χ3n) is 4.21. The minimum Gasteiger partial charge on any atom is -0.368 e. The number of rotatable bonds is 6. The molecule has 2 heterocycles. The molecular weight excluding hydrogens is 352 g/mol. The molecule has 0 spiro atoms. The van der Waals surface area contributed by atoms with E-state index in [9.17, 15) is 4.79 Å². The van der Waals surface area contributed by atoms with Crippen molar-refractivity contribution in [1.82, 2.24) is 15.0 Å². The number of aromatic nitrogens is 3. The number of nitrogens with zero attached hydrogens (tertiary/aromatic N) is 3. The van der Waals surface area contributed by atoms with Gasteiger partial charge in [-0.1, -0.05) is 18.2 Å². The Hall–Kier alpha value is -3.74. The molecule has 0 saturated heterocycles. The molecule has 1 aliphatic rings. The van der Waals surface area contributed by atoms with Gasteiger partial charge in [0.05, 0.1) is 5.69 Å². The zero-order valence-electron chi connectivity index (χ0n) is 15.2. The number of nitrogen functional groups attached to an aromatic ring is 1. The lowest BCUT2D eigenvalue weighted by Crippen LogP contribution is -2.08. The second-order valence-electron chi connectivity index (χ2n) is 6.60. The first-order chi connectivity index (χ1) is 13.7. The van der Waals surface area contributed by atoms with Crippen LogP contribution in [-0.4, -0.2) is 26.9 Å². The Labute approximate surface area is 162 Å². The van der Waals surface area contributed by atoms with E-state index in [-0.39, 0.29) is 11.9 Å². The lowest BCUT2D eigenvalue weighted by atomic mass is 10.1. The van der Waals surface area contributed by atoms with Crippen molar-refractivity contribution in [2.75, 3.05) is 16.4 Å². The van der Waals surface area contributed by atoms with E-state index in [0.29, 0.717) is 17.4 Å². The maximum Gasteiger partial charge on any atom is 0.248 e. The van der Waals surface area contributed by atoms with E-state index in [1.165, 1.54) is 6.08 Å². The van der Waals surface area contributed by atoms with Crippen LogP contribution in [0.15, 0.2) is 60.9 Å². The van der Waals surface area contributed by atoms with Gasteiger partial charge < -0.3 is 16.4 Å². The topological polar surface area (TPSA) is 106 Å². The summed E-state index contributed by atoms with van der Waals surface area (Å²) >= 11 is 0. The van der Waals surface area contributed by atoms with Gasteiger partial charge in [0, 0.05) is 41.8 Å². The van der Waals surface area contributed by atoms with Crippen molar-refractivity contribution in [3.05, 3.63) is 66.5 Å². The monoisotopic (exact) mass is 372 g/mol. The lowest BCUT2D eigenvalue weighted by molar-refractivity contribution is -0.111. The molecule has 7 heteroatoms. The molecule has 1 amide bonds. The predicted octanol–water partition coefficient (Wildman–Crippen LogP) is 3.35. The smallest absolute Gasteiger partial charge is 0.248 e. The molecule has 0 bridgehead atoms. The molecule has 4 N–H and O–H groups in total. The summed E-state index contributed by atoms with van der Waals surface area (Å²) in [6.07, 6.45) is 8.86. The number of carbonyl (C=O) groups is 1. The predicted molar refractivity (Wildman–Crippen MR) is 110 cm³/mol. The third kappa shape index (κ3) is 4.70.